The first kappa shape index (κ1) is 12.8. The maximum Gasteiger partial charge on any atom is 0.249 e. The molecule has 2 saturated heterocycles. The maximum absolute atomic E-state index is 11.9. The third kappa shape index (κ3) is 3.42. The van der Waals surface area contributed by atoms with E-state index in [0.717, 1.165) is 45.4 Å². The number of piperidine rings is 1. The van der Waals surface area contributed by atoms with E-state index in [2.05, 4.69) is 24.1 Å². The van der Waals surface area contributed by atoms with Gasteiger partial charge in [0.25, 0.3) is 0 Å². The van der Waals surface area contributed by atoms with E-state index in [9.17, 15) is 4.79 Å². The number of nitrogens with zero attached hydrogens (tertiary/aromatic N) is 1. The Balaban J connectivity index is 1.72. The largest absolute Gasteiger partial charge is 0.368 e. The number of carbonyl (C=O) groups is 1. The summed E-state index contributed by atoms with van der Waals surface area (Å²) in [5.41, 5.74) is 0. The third-order valence-corrected chi connectivity index (χ3v) is 3.83. The van der Waals surface area contributed by atoms with Crippen molar-refractivity contribution < 1.29 is 9.53 Å². The van der Waals surface area contributed by atoms with Crippen LogP contribution in [0.5, 0.6) is 0 Å². The zero-order valence-electron chi connectivity index (χ0n) is 10.9. The van der Waals surface area contributed by atoms with E-state index in [0.29, 0.717) is 12.1 Å². The van der Waals surface area contributed by atoms with Crippen molar-refractivity contribution >= 4 is 5.91 Å². The Kier molecular flexibility index (Phi) is 4.40. The summed E-state index contributed by atoms with van der Waals surface area (Å²) in [4.78, 5) is 14.3. The molecule has 1 atom stereocenters. The van der Waals surface area contributed by atoms with Crippen molar-refractivity contribution in [2.75, 3.05) is 19.7 Å². The predicted octanol–water partition coefficient (Wildman–Crippen LogP) is 1.15. The summed E-state index contributed by atoms with van der Waals surface area (Å²) in [6.45, 7) is 7.38. The summed E-state index contributed by atoms with van der Waals surface area (Å²) in [7, 11) is 0. The Bertz CT molecular complexity index is 254. The van der Waals surface area contributed by atoms with Crippen molar-refractivity contribution in [3.8, 4) is 0 Å². The molecular formula is C13H24N2O2. The van der Waals surface area contributed by atoms with E-state index in [1.165, 1.54) is 0 Å². The minimum absolute atomic E-state index is 0.102. The van der Waals surface area contributed by atoms with Gasteiger partial charge in [0.05, 0.1) is 0 Å². The average Bonchev–Trinajstić information content (AvgIpc) is 2.83. The fourth-order valence-electron chi connectivity index (χ4n) is 2.64. The summed E-state index contributed by atoms with van der Waals surface area (Å²) in [6.07, 6.45) is 3.85. The quantitative estimate of drug-likeness (QED) is 0.804. The summed E-state index contributed by atoms with van der Waals surface area (Å²) >= 11 is 0. The number of likely N-dealkylation sites (tertiary alicyclic amines) is 1. The molecule has 0 aromatic heterocycles. The van der Waals surface area contributed by atoms with E-state index >= 15 is 0 Å². The Labute approximate surface area is 104 Å². The Hall–Kier alpha value is -0.610. The van der Waals surface area contributed by atoms with Gasteiger partial charge in [0.15, 0.2) is 0 Å². The lowest BCUT2D eigenvalue weighted by Crippen LogP contribution is -2.48. The molecule has 17 heavy (non-hydrogen) atoms. The molecule has 2 aliphatic heterocycles. The Morgan fingerprint density at radius 1 is 1.29 bits per heavy atom. The molecule has 2 fully saturated rings. The van der Waals surface area contributed by atoms with Gasteiger partial charge in [-0.15, -0.1) is 0 Å². The lowest BCUT2D eigenvalue weighted by atomic mass is 10.0. The number of hydrogen-bond acceptors (Lipinski definition) is 3. The number of rotatable bonds is 3. The van der Waals surface area contributed by atoms with Crippen LogP contribution in [0.15, 0.2) is 0 Å². The van der Waals surface area contributed by atoms with Gasteiger partial charge in [-0.25, -0.2) is 0 Å². The van der Waals surface area contributed by atoms with Gasteiger partial charge in [0.1, 0.15) is 6.10 Å². The number of nitrogens with one attached hydrogen (secondary N) is 1. The van der Waals surface area contributed by atoms with Gasteiger partial charge >= 0.3 is 0 Å². The molecule has 2 rings (SSSR count). The zero-order chi connectivity index (χ0) is 12.3. The predicted molar refractivity (Wildman–Crippen MR) is 66.8 cm³/mol. The maximum atomic E-state index is 11.9. The normalized spacial score (nSPS) is 27.6. The first-order valence-electron chi connectivity index (χ1n) is 6.83. The number of hydrogen-bond donors (Lipinski definition) is 1. The molecule has 0 spiro atoms. The van der Waals surface area contributed by atoms with Crippen molar-refractivity contribution in [2.45, 2.75) is 57.7 Å². The standard InChI is InChI=1S/C13H24N2O2/c1-10(2)15-7-5-11(6-8-15)14-13(16)12-4-3-9-17-12/h10-12H,3-9H2,1-2H3,(H,14,16)/t12-/m1/s1. The van der Waals surface area contributed by atoms with Gasteiger partial charge in [-0.3, -0.25) is 4.79 Å². The van der Waals surface area contributed by atoms with Gasteiger partial charge in [0.2, 0.25) is 5.91 Å². The molecule has 4 heteroatoms. The van der Waals surface area contributed by atoms with Gasteiger partial charge < -0.3 is 15.0 Å². The van der Waals surface area contributed by atoms with Crippen LogP contribution < -0.4 is 5.32 Å². The molecule has 0 radical (unpaired) electrons. The van der Waals surface area contributed by atoms with Crippen molar-refractivity contribution in [3.63, 3.8) is 0 Å². The molecule has 0 aromatic carbocycles. The molecule has 0 unspecified atom stereocenters. The zero-order valence-corrected chi connectivity index (χ0v) is 10.9. The lowest BCUT2D eigenvalue weighted by Gasteiger charge is -2.35. The smallest absolute Gasteiger partial charge is 0.249 e. The van der Waals surface area contributed by atoms with E-state index in [1.807, 2.05) is 0 Å². The van der Waals surface area contributed by atoms with E-state index in [4.69, 9.17) is 4.74 Å². The molecule has 98 valence electrons. The molecule has 2 heterocycles. The van der Waals surface area contributed by atoms with Gasteiger partial charge in [-0.1, -0.05) is 0 Å². The first-order chi connectivity index (χ1) is 8.16. The topological polar surface area (TPSA) is 41.6 Å². The van der Waals surface area contributed by atoms with Crippen LogP contribution in [0.1, 0.15) is 39.5 Å². The minimum atomic E-state index is -0.182. The summed E-state index contributed by atoms with van der Waals surface area (Å²) < 4.78 is 5.39. The molecule has 0 aliphatic carbocycles. The van der Waals surface area contributed by atoms with Gasteiger partial charge in [-0.05, 0) is 39.5 Å². The molecule has 1 amide bonds. The molecule has 0 saturated carbocycles. The second kappa shape index (κ2) is 5.83. The fraction of sp³-hybridized carbons (Fsp3) is 0.923. The molecule has 0 aromatic rings. The third-order valence-electron chi connectivity index (χ3n) is 3.83. The molecule has 4 nitrogen and oxygen atoms in total. The second-order valence-corrected chi connectivity index (χ2v) is 5.41. The SMILES string of the molecule is CC(C)N1CCC(NC(=O)[C@H]2CCCO2)CC1. The molecule has 0 bridgehead atoms. The highest BCUT2D eigenvalue weighted by Crippen LogP contribution is 2.15. The highest BCUT2D eigenvalue weighted by Gasteiger charge is 2.27. The number of carbonyl (C=O) groups excluding carboxylic acids is 1. The van der Waals surface area contributed by atoms with E-state index in [-0.39, 0.29) is 12.0 Å². The second-order valence-electron chi connectivity index (χ2n) is 5.41. The van der Waals surface area contributed by atoms with Crippen molar-refractivity contribution in [1.29, 1.82) is 0 Å². The van der Waals surface area contributed by atoms with Crippen LogP contribution in [-0.2, 0) is 9.53 Å². The van der Waals surface area contributed by atoms with Crippen LogP contribution in [0.3, 0.4) is 0 Å². The van der Waals surface area contributed by atoms with Crippen molar-refractivity contribution in [2.24, 2.45) is 0 Å². The molecule has 1 N–H and O–H groups in total. The van der Waals surface area contributed by atoms with Crippen LogP contribution >= 0.6 is 0 Å². The minimum Gasteiger partial charge on any atom is -0.368 e. The van der Waals surface area contributed by atoms with Crippen LogP contribution in [0, 0.1) is 0 Å². The van der Waals surface area contributed by atoms with Gasteiger partial charge in [-0.2, -0.15) is 0 Å². The lowest BCUT2D eigenvalue weighted by molar-refractivity contribution is -0.131. The molecule has 2 aliphatic rings. The average molecular weight is 240 g/mol. The highest BCUT2D eigenvalue weighted by molar-refractivity contribution is 5.81. The highest BCUT2D eigenvalue weighted by atomic mass is 16.5. The van der Waals surface area contributed by atoms with Crippen molar-refractivity contribution in [1.82, 2.24) is 10.2 Å². The van der Waals surface area contributed by atoms with Crippen LogP contribution in [0.25, 0.3) is 0 Å². The van der Waals surface area contributed by atoms with E-state index < -0.39 is 0 Å². The monoisotopic (exact) mass is 240 g/mol. The Morgan fingerprint density at radius 3 is 2.53 bits per heavy atom. The summed E-state index contributed by atoms with van der Waals surface area (Å²) in [6, 6.07) is 0.964. The van der Waals surface area contributed by atoms with Crippen LogP contribution in [-0.4, -0.2) is 48.7 Å². The molecular weight excluding hydrogens is 216 g/mol. The fourth-order valence-corrected chi connectivity index (χ4v) is 2.64. The Morgan fingerprint density at radius 2 is 2.00 bits per heavy atom. The van der Waals surface area contributed by atoms with E-state index in [1.54, 1.807) is 0 Å². The number of amides is 1. The summed E-state index contributed by atoms with van der Waals surface area (Å²) in [5.74, 6) is 0.102. The van der Waals surface area contributed by atoms with Gasteiger partial charge in [0, 0.05) is 31.8 Å². The summed E-state index contributed by atoms with van der Waals surface area (Å²) in [5, 5.41) is 3.13. The first-order valence-corrected chi connectivity index (χ1v) is 6.83. The number of ether oxygens (including phenoxy) is 1. The van der Waals surface area contributed by atoms with Crippen molar-refractivity contribution in [3.05, 3.63) is 0 Å². The van der Waals surface area contributed by atoms with Crippen LogP contribution in [0.4, 0.5) is 0 Å². The van der Waals surface area contributed by atoms with Crippen LogP contribution in [0.2, 0.25) is 0 Å².